The smallest absolute Gasteiger partial charge is 0.275 e. The first kappa shape index (κ1) is 18.7. The summed E-state index contributed by atoms with van der Waals surface area (Å²) in [5.74, 6) is -0.0833. The third-order valence-electron chi connectivity index (χ3n) is 5.13. The van der Waals surface area contributed by atoms with E-state index in [1.807, 2.05) is 37.4 Å². The molecule has 0 saturated carbocycles. The molecule has 1 saturated heterocycles. The molecule has 0 bridgehead atoms. The fourth-order valence-corrected chi connectivity index (χ4v) is 3.57. The van der Waals surface area contributed by atoms with E-state index in [1.165, 1.54) is 4.68 Å². The molecule has 0 N–H and O–H groups in total. The van der Waals surface area contributed by atoms with Crippen LogP contribution < -0.4 is 5.56 Å². The van der Waals surface area contributed by atoms with Gasteiger partial charge in [0.15, 0.2) is 0 Å². The monoisotopic (exact) mass is 396 g/mol. The number of amides is 1. The van der Waals surface area contributed by atoms with Crippen molar-refractivity contribution in [3.63, 3.8) is 0 Å². The van der Waals surface area contributed by atoms with Crippen LogP contribution in [0, 0.1) is 0 Å². The number of carbonyl (C=O) groups excluding carboxylic acids is 1. The third kappa shape index (κ3) is 3.66. The van der Waals surface area contributed by atoms with Crippen molar-refractivity contribution >= 4 is 28.3 Å². The summed E-state index contributed by atoms with van der Waals surface area (Å²) in [6.45, 7) is 2.95. The quantitative estimate of drug-likeness (QED) is 0.682. The SMILES string of the molecule is CN1CCN(C(=O)Cn2nc(-c3ccc(Cl)cc3)c3ccccc3c2=O)CC1. The van der Waals surface area contributed by atoms with Gasteiger partial charge in [-0.05, 0) is 25.2 Å². The second kappa shape index (κ2) is 7.73. The Hall–Kier alpha value is -2.70. The first-order valence-corrected chi connectivity index (χ1v) is 9.63. The van der Waals surface area contributed by atoms with Crippen LogP contribution in [-0.4, -0.2) is 58.7 Å². The van der Waals surface area contributed by atoms with Gasteiger partial charge in [-0.15, -0.1) is 0 Å². The maximum absolute atomic E-state index is 12.9. The van der Waals surface area contributed by atoms with Crippen molar-refractivity contribution in [1.82, 2.24) is 19.6 Å². The molecule has 6 nitrogen and oxygen atoms in total. The largest absolute Gasteiger partial charge is 0.339 e. The Labute approximate surface area is 167 Å². The van der Waals surface area contributed by atoms with Crippen LogP contribution in [0.2, 0.25) is 5.02 Å². The molecule has 1 aromatic heterocycles. The summed E-state index contributed by atoms with van der Waals surface area (Å²) >= 11 is 6.01. The molecule has 1 fully saturated rings. The Bertz CT molecular complexity index is 1070. The minimum absolute atomic E-state index is 0.0615. The normalized spacial score (nSPS) is 15.1. The summed E-state index contributed by atoms with van der Waals surface area (Å²) < 4.78 is 1.28. The van der Waals surface area contributed by atoms with Gasteiger partial charge in [-0.3, -0.25) is 9.59 Å². The summed E-state index contributed by atoms with van der Waals surface area (Å²) in [5, 5.41) is 6.50. The average Bonchev–Trinajstić information content (AvgIpc) is 2.71. The molecular formula is C21H21ClN4O2. The minimum Gasteiger partial charge on any atom is -0.339 e. The van der Waals surface area contributed by atoms with Gasteiger partial charge < -0.3 is 9.80 Å². The lowest BCUT2D eigenvalue weighted by atomic mass is 10.1. The molecule has 1 aliphatic heterocycles. The van der Waals surface area contributed by atoms with E-state index in [2.05, 4.69) is 10.00 Å². The lowest BCUT2D eigenvalue weighted by Gasteiger charge is -2.32. The van der Waals surface area contributed by atoms with Gasteiger partial charge >= 0.3 is 0 Å². The van der Waals surface area contributed by atoms with Crippen LogP contribution in [0.25, 0.3) is 22.0 Å². The number of hydrogen-bond donors (Lipinski definition) is 0. The predicted octanol–water partition coefficient (Wildman–Crippen LogP) is 2.49. The highest BCUT2D eigenvalue weighted by Crippen LogP contribution is 2.25. The highest BCUT2D eigenvalue weighted by Gasteiger charge is 2.21. The van der Waals surface area contributed by atoms with Crippen LogP contribution in [-0.2, 0) is 11.3 Å². The maximum atomic E-state index is 12.9. The number of piperazine rings is 1. The van der Waals surface area contributed by atoms with Crippen LogP contribution in [0.5, 0.6) is 0 Å². The van der Waals surface area contributed by atoms with Crippen molar-refractivity contribution in [2.75, 3.05) is 33.2 Å². The second-order valence-corrected chi connectivity index (χ2v) is 7.48. The van der Waals surface area contributed by atoms with Crippen molar-refractivity contribution in [3.05, 3.63) is 63.9 Å². The number of hydrogen-bond acceptors (Lipinski definition) is 4. The van der Waals surface area contributed by atoms with E-state index in [-0.39, 0.29) is 18.0 Å². The molecule has 0 atom stereocenters. The number of aromatic nitrogens is 2. The van der Waals surface area contributed by atoms with Gasteiger partial charge in [0.25, 0.3) is 5.56 Å². The van der Waals surface area contributed by atoms with Crippen molar-refractivity contribution in [2.24, 2.45) is 0 Å². The minimum atomic E-state index is -0.254. The third-order valence-corrected chi connectivity index (χ3v) is 5.38. The first-order valence-electron chi connectivity index (χ1n) is 9.25. The van der Waals surface area contributed by atoms with E-state index < -0.39 is 0 Å². The summed E-state index contributed by atoms with van der Waals surface area (Å²) in [6.07, 6.45) is 0. The highest BCUT2D eigenvalue weighted by atomic mass is 35.5. The van der Waals surface area contributed by atoms with Gasteiger partial charge in [0.05, 0.1) is 11.1 Å². The van der Waals surface area contributed by atoms with E-state index in [0.29, 0.717) is 29.2 Å². The van der Waals surface area contributed by atoms with Crippen LogP contribution >= 0.6 is 11.6 Å². The molecule has 3 aromatic rings. The fraction of sp³-hybridized carbons (Fsp3) is 0.286. The number of fused-ring (bicyclic) bond motifs is 1. The number of nitrogens with zero attached hydrogens (tertiary/aromatic N) is 4. The van der Waals surface area contributed by atoms with Crippen molar-refractivity contribution in [2.45, 2.75) is 6.54 Å². The van der Waals surface area contributed by atoms with Gasteiger partial charge in [0.1, 0.15) is 6.54 Å². The molecule has 0 radical (unpaired) electrons. The molecule has 0 unspecified atom stereocenters. The zero-order chi connectivity index (χ0) is 19.7. The molecule has 7 heteroatoms. The standard InChI is InChI=1S/C21H21ClN4O2/c1-24-10-12-25(13-11-24)19(27)14-26-21(28)18-5-3-2-4-17(18)20(23-26)15-6-8-16(22)9-7-15/h2-9H,10-14H2,1H3. The first-order chi connectivity index (χ1) is 13.5. The Balaban J connectivity index is 1.74. The molecule has 1 amide bonds. The van der Waals surface area contributed by atoms with E-state index >= 15 is 0 Å². The van der Waals surface area contributed by atoms with Crippen molar-refractivity contribution in [3.8, 4) is 11.3 Å². The van der Waals surface area contributed by atoms with Crippen LogP contribution in [0.4, 0.5) is 0 Å². The molecule has 2 heterocycles. The summed E-state index contributed by atoms with van der Waals surface area (Å²) in [4.78, 5) is 29.7. The van der Waals surface area contributed by atoms with Gasteiger partial charge in [-0.2, -0.15) is 5.10 Å². The average molecular weight is 397 g/mol. The highest BCUT2D eigenvalue weighted by molar-refractivity contribution is 6.30. The number of rotatable bonds is 3. The summed E-state index contributed by atoms with van der Waals surface area (Å²) in [6, 6.07) is 14.7. The Morgan fingerprint density at radius 2 is 1.64 bits per heavy atom. The zero-order valence-corrected chi connectivity index (χ0v) is 16.4. The molecule has 0 aliphatic carbocycles. The number of halogens is 1. The van der Waals surface area contributed by atoms with E-state index in [4.69, 9.17) is 11.6 Å². The van der Waals surface area contributed by atoms with Gasteiger partial charge in [-0.25, -0.2) is 4.68 Å². The van der Waals surface area contributed by atoms with E-state index in [1.54, 1.807) is 23.1 Å². The van der Waals surface area contributed by atoms with Crippen molar-refractivity contribution in [1.29, 1.82) is 0 Å². The Morgan fingerprint density at radius 1 is 1.00 bits per heavy atom. The topological polar surface area (TPSA) is 58.4 Å². The molecule has 144 valence electrons. The van der Waals surface area contributed by atoms with E-state index in [0.717, 1.165) is 24.0 Å². The van der Waals surface area contributed by atoms with E-state index in [9.17, 15) is 9.59 Å². The molecule has 28 heavy (non-hydrogen) atoms. The predicted molar refractivity (Wildman–Crippen MR) is 111 cm³/mol. The molecular weight excluding hydrogens is 376 g/mol. The molecule has 1 aliphatic rings. The lowest BCUT2D eigenvalue weighted by molar-refractivity contribution is -0.133. The second-order valence-electron chi connectivity index (χ2n) is 7.05. The summed E-state index contributed by atoms with van der Waals surface area (Å²) in [5.41, 5.74) is 1.26. The van der Waals surface area contributed by atoms with Crippen LogP contribution in [0.3, 0.4) is 0 Å². The van der Waals surface area contributed by atoms with Crippen LogP contribution in [0.15, 0.2) is 53.3 Å². The van der Waals surface area contributed by atoms with Gasteiger partial charge in [0.2, 0.25) is 5.91 Å². The number of carbonyl (C=O) groups is 1. The Morgan fingerprint density at radius 3 is 2.32 bits per heavy atom. The number of likely N-dealkylation sites (N-methyl/N-ethyl adjacent to an activating group) is 1. The van der Waals surface area contributed by atoms with Crippen molar-refractivity contribution < 1.29 is 4.79 Å². The Kier molecular flexibility index (Phi) is 5.15. The molecule has 0 spiro atoms. The zero-order valence-electron chi connectivity index (χ0n) is 15.6. The number of benzene rings is 2. The lowest BCUT2D eigenvalue weighted by Crippen LogP contribution is -2.48. The molecule has 2 aromatic carbocycles. The van der Waals surface area contributed by atoms with Crippen LogP contribution in [0.1, 0.15) is 0 Å². The maximum Gasteiger partial charge on any atom is 0.275 e. The van der Waals surface area contributed by atoms with Gasteiger partial charge in [-0.1, -0.05) is 41.9 Å². The summed E-state index contributed by atoms with van der Waals surface area (Å²) in [7, 11) is 2.04. The van der Waals surface area contributed by atoms with Gasteiger partial charge in [0, 0.05) is 42.2 Å². The molecule has 4 rings (SSSR count). The fourth-order valence-electron chi connectivity index (χ4n) is 3.45.